The first-order valence-corrected chi connectivity index (χ1v) is 15.5. The second-order valence-corrected chi connectivity index (χ2v) is 12.9. The van der Waals surface area contributed by atoms with Crippen molar-refractivity contribution < 1.29 is 0 Å². The number of hydrogen-bond acceptors (Lipinski definition) is 0. The summed E-state index contributed by atoms with van der Waals surface area (Å²) in [7, 11) is 0. The Morgan fingerprint density at radius 2 is 1.05 bits per heavy atom. The number of rotatable bonds is 6. The summed E-state index contributed by atoms with van der Waals surface area (Å²) in [6.45, 7) is 4.85. The molecule has 210 valence electrons. The van der Waals surface area contributed by atoms with Crippen molar-refractivity contribution in [3.63, 3.8) is 0 Å². The van der Waals surface area contributed by atoms with Crippen LogP contribution in [0.3, 0.4) is 0 Å². The second kappa shape index (κ2) is 10.2. The first-order chi connectivity index (χ1) is 21.1. The second-order valence-electron chi connectivity index (χ2n) is 12.9. The van der Waals surface area contributed by atoms with Gasteiger partial charge in [-0.05, 0) is 78.6 Å². The van der Waals surface area contributed by atoms with Crippen molar-refractivity contribution in [3.8, 4) is 5.69 Å². The summed E-state index contributed by atoms with van der Waals surface area (Å²) in [5, 5.41) is 5.25. The largest absolute Gasteiger partial charge is 0.310 e. The number of fused-ring (bicyclic) bond motifs is 6. The highest BCUT2D eigenvalue weighted by atomic mass is 15.0. The Kier molecular flexibility index (Phi) is 6.11. The lowest BCUT2D eigenvalue weighted by molar-refractivity contribution is 0.290. The monoisotopic (exact) mass is 556 g/mol. The Labute approximate surface area is 253 Å². The standard InChI is InChI=1S/C41H36N2/c1-41(2,27-29-19-23-31(24-20-29)42-37-15-7-3-11-33(37)34-12-4-8-16-38(34)42)28-30-21-25-32(26-22-30)43-39-17-9-5-13-35(39)36-14-6-10-18-40(36)43/h3-21,23-26,30H,22,27-28H2,1-2H3. The van der Waals surface area contributed by atoms with E-state index in [4.69, 9.17) is 0 Å². The molecule has 5 aromatic carbocycles. The Bertz CT molecular complexity index is 2080. The van der Waals surface area contributed by atoms with E-state index in [-0.39, 0.29) is 5.41 Å². The number of aromatic nitrogens is 2. The minimum Gasteiger partial charge on any atom is -0.310 e. The molecule has 1 unspecified atom stereocenters. The molecule has 1 aliphatic rings. The summed E-state index contributed by atoms with van der Waals surface area (Å²) in [6.07, 6.45) is 10.5. The molecule has 0 radical (unpaired) electrons. The molecular weight excluding hydrogens is 520 g/mol. The first kappa shape index (κ1) is 25.9. The number of benzene rings is 5. The fourth-order valence-electron chi connectivity index (χ4n) is 7.47. The molecule has 43 heavy (non-hydrogen) atoms. The SMILES string of the molecule is CC(C)(Cc1ccc(-n2c3ccccc3c3ccccc32)cc1)CC1C=CC(n2c3ccccc3c3ccccc32)=CC1. The molecule has 2 nitrogen and oxygen atoms in total. The highest BCUT2D eigenvalue weighted by Crippen LogP contribution is 2.38. The molecule has 8 rings (SSSR count). The summed E-state index contributed by atoms with van der Waals surface area (Å²) in [5.41, 5.74) is 9.18. The lowest BCUT2D eigenvalue weighted by atomic mass is 9.76. The van der Waals surface area contributed by atoms with Crippen molar-refractivity contribution in [1.29, 1.82) is 0 Å². The van der Waals surface area contributed by atoms with Crippen LogP contribution in [0.1, 0.15) is 32.3 Å². The summed E-state index contributed by atoms with van der Waals surface area (Å²) in [5.74, 6) is 0.545. The average molecular weight is 557 g/mol. The highest BCUT2D eigenvalue weighted by molar-refractivity contribution is 6.10. The van der Waals surface area contributed by atoms with E-state index >= 15 is 0 Å². The van der Waals surface area contributed by atoms with Crippen molar-refractivity contribution in [2.45, 2.75) is 33.1 Å². The first-order valence-electron chi connectivity index (χ1n) is 15.5. The van der Waals surface area contributed by atoms with Crippen LogP contribution in [0.5, 0.6) is 0 Å². The van der Waals surface area contributed by atoms with E-state index < -0.39 is 0 Å². The predicted octanol–water partition coefficient (Wildman–Crippen LogP) is 11.0. The molecule has 1 atom stereocenters. The van der Waals surface area contributed by atoms with E-state index in [9.17, 15) is 0 Å². The van der Waals surface area contributed by atoms with Gasteiger partial charge in [-0.2, -0.15) is 0 Å². The smallest absolute Gasteiger partial charge is 0.0541 e. The van der Waals surface area contributed by atoms with E-state index in [1.165, 1.54) is 60.6 Å². The van der Waals surface area contributed by atoms with Crippen LogP contribution in [0.2, 0.25) is 0 Å². The Hall–Kier alpha value is -4.82. The van der Waals surface area contributed by atoms with Gasteiger partial charge in [0.2, 0.25) is 0 Å². The molecule has 7 aromatic rings. The molecule has 0 saturated heterocycles. The number of hydrogen-bond donors (Lipinski definition) is 0. The van der Waals surface area contributed by atoms with Gasteiger partial charge in [0, 0.05) is 32.9 Å². The van der Waals surface area contributed by atoms with Crippen LogP contribution in [-0.4, -0.2) is 9.13 Å². The summed E-state index contributed by atoms with van der Waals surface area (Å²) >= 11 is 0. The number of nitrogens with zero attached hydrogens (tertiary/aromatic N) is 2. The quantitative estimate of drug-likeness (QED) is 0.193. The zero-order valence-corrected chi connectivity index (χ0v) is 24.9. The Morgan fingerprint density at radius 1 is 0.581 bits per heavy atom. The highest BCUT2D eigenvalue weighted by Gasteiger charge is 2.24. The van der Waals surface area contributed by atoms with Crippen LogP contribution in [0.4, 0.5) is 0 Å². The van der Waals surface area contributed by atoms with Gasteiger partial charge in [-0.3, -0.25) is 0 Å². The normalized spacial score (nSPS) is 15.6. The molecule has 0 amide bonds. The van der Waals surface area contributed by atoms with Crippen LogP contribution in [-0.2, 0) is 6.42 Å². The van der Waals surface area contributed by atoms with Crippen molar-refractivity contribution in [3.05, 3.63) is 145 Å². The van der Waals surface area contributed by atoms with Crippen LogP contribution in [0, 0.1) is 11.3 Å². The molecule has 2 aromatic heterocycles. The summed E-state index contributed by atoms with van der Waals surface area (Å²) in [6, 6.07) is 44.2. The molecule has 0 bridgehead atoms. The molecule has 2 heteroatoms. The molecule has 1 aliphatic carbocycles. The van der Waals surface area contributed by atoms with Gasteiger partial charge in [0.1, 0.15) is 0 Å². The molecule has 0 N–H and O–H groups in total. The van der Waals surface area contributed by atoms with Gasteiger partial charge < -0.3 is 9.13 Å². The van der Waals surface area contributed by atoms with Gasteiger partial charge >= 0.3 is 0 Å². The topological polar surface area (TPSA) is 9.86 Å². The average Bonchev–Trinajstić information content (AvgIpc) is 3.55. The van der Waals surface area contributed by atoms with E-state index in [1.54, 1.807) is 0 Å². The third-order valence-corrected chi connectivity index (χ3v) is 9.28. The maximum absolute atomic E-state index is 2.45. The van der Waals surface area contributed by atoms with Crippen molar-refractivity contribution in [1.82, 2.24) is 9.13 Å². The van der Waals surface area contributed by atoms with Gasteiger partial charge in [-0.25, -0.2) is 0 Å². The maximum Gasteiger partial charge on any atom is 0.0541 e. The van der Waals surface area contributed by atoms with E-state index in [0.29, 0.717) is 5.92 Å². The minimum absolute atomic E-state index is 0.196. The van der Waals surface area contributed by atoms with E-state index in [2.05, 4.69) is 163 Å². The zero-order valence-electron chi connectivity index (χ0n) is 24.9. The molecule has 0 spiro atoms. The van der Waals surface area contributed by atoms with Crippen molar-refractivity contribution in [2.75, 3.05) is 0 Å². The summed E-state index contributed by atoms with van der Waals surface area (Å²) in [4.78, 5) is 0. The minimum atomic E-state index is 0.196. The fourth-order valence-corrected chi connectivity index (χ4v) is 7.47. The van der Waals surface area contributed by atoms with Gasteiger partial charge in [0.25, 0.3) is 0 Å². The molecular formula is C41H36N2. The predicted molar refractivity (Wildman–Crippen MR) is 184 cm³/mol. The van der Waals surface area contributed by atoms with Crippen LogP contribution in [0.25, 0.3) is 55.0 Å². The number of allylic oxidation sites excluding steroid dienone is 4. The van der Waals surface area contributed by atoms with Gasteiger partial charge in [-0.15, -0.1) is 0 Å². The van der Waals surface area contributed by atoms with Crippen LogP contribution < -0.4 is 0 Å². The van der Waals surface area contributed by atoms with E-state index in [0.717, 1.165) is 19.3 Å². The maximum atomic E-state index is 2.45. The molecule has 0 saturated carbocycles. The van der Waals surface area contributed by atoms with Crippen LogP contribution in [0.15, 0.2) is 140 Å². The van der Waals surface area contributed by atoms with E-state index in [1.807, 2.05) is 0 Å². The van der Waals surface area contributed by atoms with Crippen LogP contribution >= 0.6 is 0 Å². The molecule has 0 aliphatic heterocycles. The lowest BCUT2D eigenvalue weighted by Gasteiger charge is -2.30. The summed E-state index contributed by atoms with van der Waals surface area (Å²) < 4.78 is 4.83. The van der Waals surface area contributed by atoms with Gasteiger partial charge in [-0.1, -0.05) is 111 Å². The molecule has 2 heterocycles. The van der Waals surface area contributed by atoms with Crippen molar-refractivity contribution in [2.24, 2.45) is 11.3 Å². The lowest BCUT2D eigenvalue weighted by Crippen LogP contribution is -2.20. The van der Waals surface area contributed by atoms with Crippen molar-refractivity contribution >= 4 is 49.3 Å². The Morgan fingerprint density at radius 3 is 1.51 bits per heavy atom. The van der Waals surface area contributed by atoms with Gasteiger partial charge in [0.05, 0.1) is 22.1 Å². The third kappa shape index (κ3) is 4.49. The number of para-hydroxylation sites is 4. The van der Waals surface area contributed by atoms with Gasteiger partial charge in [0.15, 0.2) is 0 Å². The third-order valence-electron chi connectivity index (χ3n) is 9.28. The Balaban J connectivity index is 1.00. The molecule has 0 fully saturated rings. The fraction of sp³-hybridized carbons (Fsp3) is 0.171. The zero-order chi connectivity index (χ0) is 29.0.